The van der Waals surface area contributed by atoms with E-state index in [2.05, 4.69) is 51.2 Å². The van der Waals surface area contributed by atoms with Gasteiger partial charge in [0.05, 0.1) is 10.5 Å². The van der Waals surface area contributed by atoms with Crippen molar-refractivity contribution in [3.63, 3.8) is 0 Å². The van der Waals surface area contributed by atoms with Crippen LogP contribution in [0.25, 0.3) is 0 Å². The molecule has 0 heterocycles. The van der Waals surface area contributed by atoms with E-state index in [1.165, 1.54) is 31.4 Å². The Balaban J connectivity index is 1.73. The molecule has 2 aliphatic carbocycles. The molecule has 0 amide bonds. The minimum Gasteiger partial charge on any atom is -0.423 e. The number of hydrogen-bond donors (Lipinski definition) is 1. The molecule has 5 nitrogen and oxygen atoms in total. The summed E-state index contributed by atoms with van der Waals surface area (Å²) >= 11 is 4.54. The van der Waals surface area contributed by atoms with Crippen LogP contribution in [0.5, 0.6) is 5.75 Å². The number of hydrogen-bond acceptors (Lipinski definition) is 4. The summed E-state index contributed by atoms with van der Waals surface area (Å²) in [5.74, 6) is 0.357. The molecule has 1 N–H and O–H groups in total. The molecule has 0 atom stereocenters. The molecule has 2 aliphatic rings. The third-order valence-corrected chi connectivity index (χ3v) is 8.71. The summed E-state index contributed by atoms with van der Waals surface area (Å²) in [7, 11) is -4.32. The van der Waals surface area contributed by atoms with Crippen molar-refractivity contribution < 1.29 is 22.5 Å². The molecule has 0 saturated heterocycles. The van der Waals surface area contributed by atoms with E-state index in [-0.39, 0.29) is 4.90 Å². The van der Waals surface area contributed by atoms with Crippen LogP contribution in [0.1, 0.15) is 77.9 Å². The molecule has 0 bridgehead atoms. The molecule has 1 fully saturated rings. The Morgan fingerprint density at radius 1 is 0.968 bits per heavy atom. The van der Waals surface area contributed by atoms with Crippen molar-refractivity contribution in [3.8, 4) is 5.75 Å². The van der Waals surface area contributed by atoms with Gasteiger partial charge in [-0.1, -0.05) is 19.3 Å². The highest BCUT2D eigenvalue weighted by Crippen LogP contribution is 2.39. The maximum Gasteiger partial charge on any atom is 0.343 e. The molecule has 4 rings (SSSR count). The summed E-state index contributed by atoms with van der Waals surface area (Å²) < 4.78 is 41.2. The molecule has 0 unspecified atom stereocenters. The van der Waals surface area contributed by atoms with Crippen molar-refractivity contribution in [2.45, 2.75) is 68.6 Å². The molecule has 0 aromatic heterocycles. The van der Waals surface area contributed by atoms with Gasteiger partial charge < -0.3 is 4.74 Å². The van der Waals surface area contributed by atoms with Crippen LogP contribution in [0, 0.1) is 7.14 Å². The van der Waals surface area contributed by atoms with Crippen molar-refractivity contribution in [1.29, 1.82) is 0 Å². The van der Waals surface area contributed by atoms with E-state index in [0.29, 0.717) is 41.2 Å². The zero-order chi connectivity index (χ0) is 22.2. The van der Waals surface area contributed by atoms with Gasteiger partial charge in [0.1, 0.15) is 5.75 Å². The fourth-order valence-electron chi connectivity index (χ4n) is 4.85. The van der Waals surface area contributed by atoms with Gasteiger partial charge in [0.25, 0.3) is 10.1 Å². The molecular formula is C23H24I2O5S. The van der Waals surface area contributed by atoms with Gasteiger partial charge in [0.2, 0.25) is 0 Å². The van der Waals surface area contributed by atoms with Crippen molar-refractivity contribution in [2.75, 3.05) is 0 Å². The largest absolute Gasteiger partial charge is 0.423 e. The quantitative estimate of drug-likeness (QED) is 0.180. The van der Waals surface area contributed by atoms with Gasteiger partial charge in [0.15, 0.2) is 0 Å². The minimum absolute atomic E-state index is 0.0753. The van der Waals surface area contributed by atoms with Crippen LogP contribution < -0.4 is 4.74 Å². The average Bonchev–Trinajstić information content (AvgIpc) is 2.73. The van der Waals surface area contributed by atoms with Gasteiger partial charge in [-0.3, -0.25) is 4.55 Å². The molecule has 0 spiro atoms. The van der Waals surface area contributed by atoms with Crippen LogP contribution >= 0.6 is 45.2 Å². The van der Waals surface area contributed by atoms with E-state index >= 15 is 0 Å². The number of fused-ring (bicyclic) bond motifs is 1. The highest BCUT2D eigenvalue weighted by molar-refractivity contribution is 14.1. The zero-order valence-corrected chi connectivity index (χ0v) is 22.1. The Morgan fingerprint density at radius 3 is 2.32 bits per heavy atom. The number of rotatable bonds is 4. The van der Waals surface area contributed by atoms with E-state index in [1.54, 1.807) is 0 Å². The summed E-state index contributed by atoms with van der Waals surface area (Å²) in [5.41, 5.74) is 2.97. The summed E-state index contributed by atoms with van der Waals surface area (Å²) in [6, 6.07) is 6.85. The number of carbonyl (C=O) groups excluding carboxylic acids is 1. The van der Waals surface area contributed by atoms with Crippen molar-refractivity contribution >= 4 is 61.3 Å². The maximum atomic E-state index is 13.4. The fourth-order valence-corrected chi connectivity index (χ4v) is 7.92. The lowest BCUT2D eigenvalue weighted by molar-refractivity contribution is 0.0730. The SMILES string of the molecule is O=C(Oc1ccc(S(=O)(=O)O)c2c1CCCC2)c1cc(I)cc(I)c1C1CCCCC1. The second-order valence-corrected chi connectivity index (χ2v) is 12.1. The highest BCUT2D eigenvalue weighted by atomic mass is 127. The molecule has 8 heteroatoms. The lowest BCUT2D eigenvalue weighted by Gasteiger charge is -2.26. The van der Waals surface area contributed by atoms with Gasteiger partial charge >= 0.3 is 5.97 Å². The van der Waals surface area contributed by atoms with E-state index in [1.807, 2.05) is 6.07 Å². The van der Waals surface area contributed by atoms with E-state index < -0.39 is 16.1 Å². The average molecular weight is 666 g/mol. The first-order chi connectivity index (χ1) is 14.8. The topological polar surface area (TPSA) is 80.7 Å². The van der Waals surface area contributed by atoms with Gasteiger partial charge in [-0.15, -0.1) is 0 Å². The third kappa shape index (κ3) is 5.11. The maximum absolute atomic E-state index is 13.4. The molecule has 31 heavy (non-hydrogen) atoms. The van der Waals surface area contributed by atoms with Crippen molar-refractivity contribution in [2.24, 2.45) is 0 Å². The van der Waals surface area contributed by atoms with Gasteiger partial charge in [0, 0.05) is 7.14 Å². The second kappa shape index (κ2) is 9.64. The summed E-state index contributed by atoms with van der Waals surface area (Å²) in [6.45, 7) is 0. The van der Waals surface area contributed by atoms with Crippen LogP contribution in [0.15, 0.2) is 29.2 Å². The Morgan fingerprint density at radius 2 is 1.65 bits per heavy atom. The van der Waals surface area contributed by atoms with Crippen LogP contribution in [-0.4, -0.2) is 18.9 Å². The number of ether oxygens (including phenoxy) is 1. The standard InChI is InChI=1S/C23H24I2O5S/c24-15-12-18(22(19(25)13-15)14-6-2-1-3-7-14)23(26)30-20-10-11-21(31(27,28)29)17-9-5-4-8-16(17)20/h10-14H,1-9H2,(H,27,28,29). The van der Waals surface area contributed by atoms with Crippen LogP contribution in [0.3, 0.4) is 0 Å². The molecule has 0 radical (unpaired) electrons. The molecule has 1 saturated carbocycles. The summed E-state index contributed by atoms with van der Waals surface area (Å²) in [5, 5.41) is 0. The first-order valence-corrected chi connectivity index (χ1v) is 14.2. The van der Waals surface area contributed by atoms with Crippen LogP contribution in [0.4, 0.5) is 0 Å². The molecule has 2 aromatic rings. The number of benzene rings is 2. The van der Waals surface area contributed by atoms with E-state index in [0.717, 1.165) is 38.4 Å². The zero-order valence-electron chi connectivity index (χ0n) is 17.0. The predicted octanol–water partition coefficient (Wildman–Crippen LogP) is 6.29. The molecule has 2 aromatic carbocycles. The van der Waals surface area contributed by atoms with Crippen molar-refractivity contribution in [1.82, 2.24) is 0 Å². The normalized spacial score (nSPS) is 17.3. The minimum atomic E-state index is -4.32. The number of carbonyl (C=O) groups is 1. The predicted molar refractivity (Wildman–Crippen MR) is 136 cm³/mol. The fraction of sp³-hybridized carbons (Fsp3) is 0.435. The first kappa shape index (κ1) is 23.4. The van der Waals surface area contributed by atoms with Gasteiger partial charge in [-0.25, -0.2) is 4.79 Å². The molecule has 0 aliphatic heterocycles. The second-order valence-electron chi connectivity index (χ2n) is 8.27. The summed E-state index contributed by atoms with van der Waals surface area (Å²) in [4.78, 5) is 13.3. The lowest BCUT2D eigenvalue weighted by Crippen LogP contribution is -2.19. The smallest absolute Gasteiger partial charge is 0.343 e. The number of esters is 1. The Kier molecular flexibility index (Phi) is 7.29. The van der Waals surface area contributed by atoms with Crippen LogP contribution in [-0.2, 0) is 23.0 Å². The Labute approximate surface area is 210 Å². The number of halogens is 2. The summed E-state index contributed by atoms with van der Waals surface area (Å²) in [6.07, 6.45) is 8.64. The van der Waals surface area contributed by atoms with Gasteiger partial charge in [-0.05, 0) is 131 Å². The first-order valence-electron chi connectivity index (χ1n) is 10.6. The Bertz CT molecular complexity index is 1120. The van der Waals surface area contributed by atoms with Crippen molar-refractivity contribution in [3.05, 3.63) is 53.7 Å². The van der Waals surface area contributed by atoms with E-state index in [4.69, 9.17) is 4.74 Å². The monoisotopic (exact) mass is 666 g/mol. The highest BCUT2D eigenvalue weighted by Gasteiger charge is 2.28. The van der Waals surface area contributed by atoms with E-state index in [9.17, 15) is 17.8 Å². The third-order valence-electron chi connectivity index (χ3n) is 6.26. The molecular weight excluding hydrogens is 642 g/mol. The van der Waals surface area contributed by atoms with Gasteiger partial charge in [-0.2, -0.15) is 8.42 Å². The lowest BCUT2D eigenvalue weighted by atomic mass is 9.82. The van der Waals surface area contributed by atoms with Crippen LogP contribution in [0.2, 0.25) is 0 Å². The molecule has 166 valence electrons. The Hall–Kier alpha value is -0.720.